The molecule has 0 aliphatic rings. The first kappa shape index (κ1) is 16.4. The number of amides is 1. The number of nitrogens with one attached hydrogen (secondary N) is 2. The zero-order valence-electron chi connectivity index (χ0n) is 13.8. The minimum Gasteiger partial charge on any atom is -0.497 e. The van der Waals surface area contributed by atoms with Gasteiger partial charge in [0.1, 0.15) is 11.5 Å². The molecule has 0 aliphatic carbocycles. The summed E-state index contributed by atoms with van der Waals surface area (Å²) in [6, 6.07) is 12.4. The van der Waals surface area contributed by atoms with E-state index in [9.17, 15) is 4.79 Å². The number of methoxy groups -OCH3 is 1. The van der Waals surface area contributed by atoms with Gasteiger partial charge in [-0.2, -0.15) is 0 Å². The van der Waals surface area contributed by atoms with Crippen molar-refractivity contribution in [3.63, 3.8) is 0 Å². The average molecular weight is 339 g/mol. The summed E-state index contributed by atoms with van der Waals surface area (Å²) in [6.07, 6.45) is 0. The fraction of sp³-hybridized carbons (Fsp3) is 0.176. The van der Waals surface area contributed by atoms with Gasteiger partial charge in [-0.3, -0.25) is 4.79 Å². The number of carbonyl (C=O) groups is 1. The molecule has 128 valence electrons. The maximum absolute atomic E-state index is 12.1. The highest BCUT2D eigenvalue weighted by Gasteiger charge is 2.09. The predicted octanol–water partition coefficient (Wildman–Crippen LogP) is 2.46. The van der Waals surface area contributed by atoms with Crippen molar-refractivity contribution in [1.82, 2.24) is 20.7 Å². The van der Waals surface area contributed by atoms with Gasteiger partial charge in [-0.05, 0) is 36.8 Å². The van der Waals surface area contributed by atoms with Crippen LogP contribution in [0.3, 0.4) is 0 Å². The quantitative estimate of drug-likeness (QED) is 0.711. The van der Waals surface area contributed by atoms with Crippen molar-refractivity contribution in [3.8, 4) is 5.75 Å². The third-order valence-corrected chi connectivity index (χ3v) is 3.39. The molecule has 0 spiro atoms. The number of benzene rings is 1. The van der Waals surface area contributed by atoms with E-state index in [0.717, 1.165) is 11.3 Å². The molecule has 2 aromatic heterocycles. The maximum atomic E-state index is 12.1. The largest absolute Gasteiger partial charge is 0.497 e. The first-order valence-electron chi connectivity index (χ1n) is 7.59. The molecule has 2 N–H and O–H groups in total. The molecule has 0 radical (unpaired) electrons. The maximum Gasteiger partial charge on any atom is 0.272 e. The van der Waals surface area contributed by atoms with Crippen LogP contribution in [0.2, 0.25) is 0 Å². The lowest BCUT2D eigenvalue weighted by Crippen LogP contribution is -2.24. The zero-order valence-corrected chi connectivity index (χ0v) is 13.8. The van der Waals surface area contributed by atoms with Crippen LogP contribution in [0.4, 0.5) is 11.6 Å². The Morgan fingerprint density at radius 2 is 1.92 bits per heavy atom. The predicted molar refractivity (Wildman–Crippen MR) is 90.7 cm³/mol. The molecule has 8 nitrogen and oxygen atoms in total. The molecule has 3 rings (SSSR count). The second-order valence-electron chi connectivity index (χ2n) is 5.28. The van der Waals surface area contributed by atoms with E-state index >= 15 is 0 Å². The van der Waals surface area contributed by atoms with Crippen molar-refractivity contribution < 1.29 is 14.1 Å². The van der Waals surface area contributed by atoms with E-state index in [1.165, 1.54) is 0 Å². The number of carbonyl (C=O) groups excluding carboxylic acids is 1. The minimum absolute atomic E-state index is 0.232. The van der Waals surface area contributed by atoms with Crippen LogP contribution in [0.5, 0.6) is 5.75 Å². The van der Waals surface area contributed by atoms with Crippen LogP contribution in [0, 0.1) is 6.92 Å². The summed E-state index contributed by atoms with van der Waals surface area (Å²) < 4.78 is 10.1. The summed E-state index contributed by atoms with van der Waals surface area (Å²) in [6.45, 7) is 2.18. The lowest BCUT2D eigenvalue weighted by Gasteiger charge is -2.06. The van der Waals surface area contributed by atoms with E-state index in [0.29, 0.717) is 23.9 Å². The molecule has 1 amide bonds. The molecule has 0 saturated heterocycles. The van der Waals surface area contributed by atoms with Crippen molar-refractivity contribution in [2.45, 2.75) is 13.5 Å². The van der Waals surface area contributed by atoms with Crippen LogP contribution < -0.4 is 15.4 Å². The van der Waals surface area contributed by atoms with Crippen LogP contribution in [0.25, 0.3) is 0 Å². The summed E-state index contributed by atoms with van der Waals surface area (Å²) in [4.78, 5) is 12.1. The Bertz CT molecular complexity index is 843. The number of nitrogens with zero attached hydrogens (tertiary/aromatic N) is 3. The minimum atomic E-state index is -0.299. The van der Waals surface area contributed by atoms with Gasteiger partial charge in [0.05, 0.1) is 7.11 Å². The molecule has 8 heteroatoms. The fourth-order valence-electron chi connectivity index (χ4n) is 2.09. The Hall–Kier alpha value is -3.42. The molecule has 0 saturated carbocycles. The summed E-state index contributed by atoms with van der Waals surface area (Å²) in [5.74, 6) is 2.16. The van der Waals surface area contributed by atoms with E-state index in [2.05, 4.69) is 26.0 Å². The van der Waals surface area contributed by atoms with Gasteiger partial charge in [-0.1, -0.05) is 17.3 Å². The van der Waals surface area contributed by atoms with Crippen molar-refractivity contribution in [2.24, 2.45) is 0 Å². The smallest absolute Gasteiger partial charge is 0.272 e. The Labute approximate surface area is 144 Å². The third-order valence-electron chi connectivity index (χ3n) is 3.39. The Kier molecular flexibility index (Phi) is 4.89. The lowest BCUT2D eigenvalue weighted by molar-refractivity contribution is 0.0945. The van der Waals surface area contributed by atoms with Crippen molar-refractivity contribution in [3.05, 3.63) is 59.5 Å². The standard InChI is InChI=1S/C17H17N5O3/c1-11-9-16(22-25-11)19-15-8-7-14(20-21-15)17(23)18-10-12-3-5-13(24-2)6-4-12/h3-9H,10H2,1-2H3,(H,18,23)(H,19,21,22). The van der Waals surface area contributed by atoms with Crippen molar-refractivity contribution >= 4 is 17.5 Å². The second-order valence-corrected chi connectivity index (χ2v) is 5.28. The van der Waals surface area contributed by atoms with Crippen LogP contribution in [0.15, 0.2) is 47.0 Å². The number of aryl methyl sites for hydroxylation is 1. The van der Waals surface area contributed by atoms with E-state index in [1.54, 1.807) is 32.2 Å². The SMILES string of the molecule is COc1ccc(CNC(=O)c2ccc(Nc3cc(C)on3)nn2)cc1. The molecule has 0 atom stereocenters. The van der Waals surface area contributed by atoms with Crippen LogP contribution in [-0.4, -0.2) is 28.4 Å². The van der Waals surface area contributed by atoms with Crippen LogP contribution >= 0.6 is 0 Å². The second kappa shape index (κ2) is 7.43. The number of aromatic nitrogens is 3. The Morgan fingerprint density at radius 3 is 2.52 bits per heavy atom. The molecule has 25 heavy (non-hydrogen) atoms. The summed E-state index contributed by atoms with van der Waals surface area (Å²) in [5, 5.41) is 17.4. The van der Waals surface area contributed by atoms with Crippen molar-refractivity contribution in [1.29, 1.82) is 0 Å². The van der Waals surface area contributed by atoms with E-state index in [1.807, 2.05) is 24.3 Å². The molecule has 1 aromatic carbocycles. The lowest BCUT2D eigenvalue weighted by atomic mass is 10.2. The van der Waals surface area contributed by atoms with Crippen LogP contribution in [0.1, 0.15) is 21.8 Å². The highest BCUT2D eigenvalue weighted by atomic mass is 16.5. The average Bonchev–Trinajstić information content (AvgIpc) is 3.05. The van der Waals surface area contributed by atoms with Gasteiger partial charge in [0, 0.05) is 12.6 Å². The highest BCUT2D eigenvalue weighted by molar-refractivity contribution is 5.92. The number of rotatable bonds is 6. The summed E-state index contributed by atoms with van der Waals surface area (Å²) in [5.41, 5.74) is 1.19. The van der Waals surface area contributed by atoms with E-state index < -0.39 is 0 Å². The number of ether oxygens (including phenoxy) is 1. The molecule has 0 fully saturated rings. The molecule has 3 aromatic rings. The van der Waals surface area contributed by atoms with Gasteiger partial charge in [0.2, 0.25) is 0 Å². The molecular formula is C17H17N5O3. The zero-order chi connectivity index (χ0) is 17.6. The van der Waals surface area contributed by atoms with Crippen molar-refractivity contribution in [2.75, 3.05) is 12.4 Å². The molecule has 2 heterocycles. The van der Waals surface area contributed by atoms with Gasteiger partial charge < -0.3 is 19.9 Å². The number of hydrogen-bond donors (Lipinski definition) is 2. The molecule has 0 unspecified atom stereocenters. The van der Waals surface area contributed by atoms with E-state index in [-0.39, 0.29) is 11.6 Å². The monoisotopic (exact) mass is 339 g/mol. The normalized spacial score (nSPS) is 10.3. The molecular weight excluding hydrogens is 322 g/mol. The highest BCUT2D eigenvalue weighted by Crippen LogP contribution is 2.14. The Morgan fingerprint density at radius 1 is 1.12 bits per heavy atom. The van der Waals surface area contributed by atoms with Gasteiger partial charge >= 0.3 is 0 Å². The first-order valence-corrected chi connectivity index (χ1v) is 7.59. The van der Waals surface area contributed by atoms with Gasteiger partial charge in [-0.25, -0.2) is 0 Å². The first-order chi connectivity index (χ1) is 12.1. The summed E-state index contributed by atoms with van der Waals surface area (Å²) in [7, 11) is 1.61. The third kappa shape index (κ3) is 4.31. The fourth-order valence-corrected chi connectivity index (χ4v) is 2.09. The Balaban J connectivity index is 1.56. The molecule has 0 aliphatic heterocycles. The summed E-state index contributed by atoms with van der Waals surface area (Å²) >= 11 is 0. The van der Waals surface area contributed by atoms with Gasteiger partial charge in [0.15, 0.2) is 17.3 Å². The number of anilines is 2. The molecule has 0 bridgehead atoms. The van der Waals surface area contributed by atoms with Gasteiger partial charge in [-0.15, -0.1) is 10.2 Å². The van der Waals surface area contributed by atoms with Gasteiger partial charge in [0.25, 0.3) is 5.91 Å². The van der Waals surface area contributed by atoms with E-state index in [4.69, 9.17) is 9.26 Å². The van der Waals surface area contributed by atoms with Crippen LogP contribution in [-0.2, 0) is 6.54 Å². The number of hydrogen-bond acceptors (Lipinski definition) is 7. The topological polar surface area (TPSA) is 102 Å².